The monoisotopic (exact) mass is 913 g/mol. The minimum absolute atomic E-state index is 0. The van der Waals surface area contributed by atoms with Gasteiger partial charge in [0.1, 0.15) is 0 Å². The molecule has 0 bridgehead atoms. The molecule has 1 unspecified atom stereocenters. The molecule has 1 fully saturated rings. The summed E-state index contributed by atoms with van der Waals surface area (Å²) in [5.74, 6) is 0. The number of unbranched alkanes of at least 4 members (excludes halogenated alkanes) is 14. The van der Waals surface area contributed by atoms with Crippen molar-refractivity contribution in [2.45, 2.75) is 234 Å². The van der Waals surface area contributed by atoms with E-state index < -0.39 is 0 Å². The molecule has 1 N–H and O–H groups in total. The van der Waals surface area contributed by atoms with Crippen LogP contribution in [0.15, 0.2) is 146 Å². The highest BCUT2D eigenvalue weighted by molar-refractivity contribution is 5.03. The summed E-state index contributed by atoms with van der Waals surface area (Å²) in [4.78, 5) is 0. The Morgan fingerprint density at radius 2 is 0.652 bits per heavy atom. The van der Waals surface area contributed by atoms with Gasteiger partial charge in [0.2, 0.25) is 0 Å². The van der Waals surface area contributed by atoms with Gasteiger partial charge in [-0.3, -0.25) is 0 Å². The molecule has 0 amide bonds. The Bertz CT molecular complexity index is 1280. The smallest absolute Gasteiger partial charge is 0.157 e. The standard InChI is InChI=1S/C33H54O2.C28H46O.2CH4/c1-2-3-4-5-6-7-8-9-10-11-12-13-14-15-16-17-18-19-20-21-22-23-24-25-26-28-31-34-33-30-27-29-32-35-33;1-2-3-4-5-6-7-8-9-10-11-12-13-14-15-16-17-18-19-20-21-22-23-24-25-26-27-28-29;;/h3-4,6-7,9-10,12-13,15-16,18-19,33H,2,5,8,11,14,17,20-32H2,1H3;3-4,6-7,9-10,12-13,15-16,18-19,29H,2,5,8,11,14,17,20-28H2,1H3;2*1H4/b2*4-3-,7-6-,10-9-,13-12-,16-15-,19-18-;;. The Balaban J connectivity index is -0.00000119. The minimum Gasteiger partial charge on any atom is -0.396 e. The van der Waals surface area contributed by atoms with E-state index in [1.807, 2.05) is 0 Å². The SMILES string of the molecule is C.C.CC/C=C\C/C=C\C/C=C\C/C=C\C/C=C\C/C=C\CCCCCCCCCO.CC/C=C\C/C=C\C/C=C\C/C=C\C/C=C\C/C=C\CCCCCCCCCOC1CCCCO1. The molecule has 1 heterocycles. The molecule has 1 aliphatic rings. The van der Waals surface area contributed by atoms with E-state index in [0.717, 1.165) is 103 Å². The maximum absolute atomic E-state index is 8.73. The van der Waals surface area contributed by atoms with Gasteiger partial charge in [0.15, 0.2) is 6.29 Å². The van der Waals surface area contributed by atoms with Gasteiger partial charge < -0.3 is 14.6 Å². The summed E-state index contributed by atoms with van der Waals surface area (Å²) < 4.78 is 11.4. The first-order chi connectivity index (χ1) is 31.8. The quantitative estimate of drug-likeness (QED) is 0.0490. The van der Waals surface area contributed by atoms with Crippen molar-refractivity contribution in [3.8, 4) is 0 Å². The first kappa shape index (κ1) is 67.0. The Morgan fingerprint density at radius 1 is 0.364 bits per heavy atom. The molecule has 378 valence electrons. The molecule has 1 aliphatic heterocycles. The van der Waals surface area contributed by atoms with Gasteiger partial charge in [-0.15, -0.1) is 0 Å². The number of ether oxygens (including phenoxy) is 2. The molecule has 0 aromatic heterocycles. The summed E-state index contributed by atoms with van der Waals surface area (Å²) >= 11 is 0. The summed E-state index contributed by atoms with van der Waals surface area (Å²) in [5, 5.41) is 8.73. The molecule has 3 nitrogen and oxygen atoms in total. The third kappa shape index (κ3) is 60.8. The third-order valence-corrected chi connectivity index (χ3v) is 10.7. The number of aliphatic hydroxyl groups is 1. The maximum Gasteiger partial charge on any atom is 0.157 e. The van der Waals surface area contributed by atoms with Crippen molar-refractivity contribution in [1.82, 2.24) is 0 Å². The number of allylic oxidation sites excluding steroid dienone is 24. The van der Waals surface area contributed by atoms with Gasteiger partial charge in [-0.25, -0.2) is 0 Å². The number of hydrogen-bond donors (Lipinski definition) is 1. The Labute approximate surface area is 412 Å². The van der Waals surface area contributed by atoms with Gasteiger partial charge in [0.25, 0.3) is 0 Å². The summed E-state index contributed by atoms with van der Waals surface area (Å²) in [7, 11) is 0. The number of aliphatic hydroxyl groups excluding tert-OH is 1. The van der Waals surface area contributed by atoms with E-state index in [1.165, 1.54) is 109 Å². The zero-order valence-corrected chi connectivity index (χ0v) is 41.7. The first-order valence-electron chi connectivity index (χ1n) is 26.5. The van der Waals surface area contributed by atoms with E-state index in [1.54, 1.807) is 0 Å². The van der Waals surface area contributed by atoms with Crippen molar-refractivity contribution in [1.29, 1.82) is 0 Å². The fraction of sp³-hybridized carbons (Fsp3) is 0.619. The second-order valence-corrected chi connectivity index (χ2v) is 16.7. The maximum atomic E-state index is 8.73. The third-order valence-electron chi connectivity index (χ3n) is 10.7. The molecular weight excluding hydrogens is 805 g/mol. The second-order valence-electron chi connectivity index (χ2n) is 16.7. The van der Waals surface area contributed by atoms with Crippen LogP contribution in [0.2, 0.25) is 0 Å². The van der Waals surface area contributed by atoms with Crippen molar-refractivity contribution in [2.75, 3.05) is 19.8 Å². The molecule has 0 aromatic carbocycles. The molecule has 0 aromatic rings. The van der Waals surface area contributed by atoms with Crippen LogP contribution in [0.25, 0.3) is 0 Å². The number of hydrogen-bond acceptors (Lipinski definition) is 3. The molecule has 3 heteroatoms. The lowest BCUT2D eigenvalue weighted by Crippen LogP contribution is -2.22. The lowest BCUT2D eigenvalue weighted by molar-refractivity contribution is -0.162. The van der Waals surface area contributed by atoms with Crippen LogP contribution in [-0.2, 0) is 9.47 Å². The van der Waals surface area contributed by atoms with Crippen molar-refractivity contribution in [2.24, 2.45) is 0 Å². The lowest BCUT2D eigenvalue weighted by atomic mass is 10.1. The largest absolute Gasteiger partial charge is 0.396 e. The zero-order chi connectivity index (χ0) is 46.0. The molecule has 1 saturated heterocycles. The lowest BCUT2D eigenvalue weighted by Gasteiger charge is -2.22. The zero-order valence-electron chi connectivity index (χ0n) is 41.7. The normalized spacial score (nSPS) is 15.0. The van der Waals surface area contributed by atoms with Gasteiger partial charge in [0, 0.05) is 19.8 Å². The van der Waals surface area contributed by atoms with E-state index >= 15 is 0 Å². The average Bonchev–Trinajstić information content (AvgIpc) is 3.32. The van der Waals surface area contributed by atoms with Gasteiger partial charge in [-0.2, -0.15) is 0 Å². The van der Waals surface area contributed by atoms with Crippen LogP contribution in [0, 0.1) is 0 Å². The average molecular weight is 914 g/mol. The van der Waals surface area contributed by atoms with Crippen molar-refractivity contribution in [3.05, 3.63) is 146 Å². The molecule has 0 radical (unpaired) electrons. The van der Waals surface area contributed by atoms with Crippen LogP contribution in [0.4, 0.5) is 0 Å². The molecule has 0 saturated carbocycles. The highest BCUT2D eigenvalue weighted by atomic mass is 16.7. The predicted octanol–water partition coefficient (Wildman–Crippen LogP) is 20.4. The summed E-state index contributed by atoms with van der Waals surface area (Å²) in [6, 6.07) is 0. The van der Waals surface area contributed by atoms with Crippen molar-refractivity contribution < 1.29 is 14.6 Å². The van der Waals surface area contributed by atoms with Crippen LogP contribution >= 0.6 is 0 Å². The van der Waals surface area contributed by atoms with Gasteiger partial charge in [-0.05, 0) is 135 Å². The number of rotatable bonds is 42. The molecule has 0 aliphatic carbocycles. The van der Waals surface area contributed by atoms with Crippen molar-refractivity contribution in [3.63, 3.8) is 0 Å². The van der Waals surface area contributed by atoms with E-state index in [2.05, 4.69) is 160 Å². The molecule has 66 heavy (non-hydrogen) atoms. The topological polar surface area (TPSA) is 38.7 Å². The van der Waals surface area contributed by atoms with E-state index in [4.69, 9.17) is 14.6 Å². The molecule has 0 spiro atoms. The van der Waals surface area contributed by atoms with Crippen LogP contribution in [0.1, 0.15) is 228 Å². The van der Waals surface area contributed by atoms with Gasteiger partial charge >= 0.3 is 0 Å². The summed E-state index contributed by atoms with van der Waals surface area (Å²) in [6.07, 6.45) is 90.8. The van der Waals surface area contributed by atoms with Crippen LogP contribution < -0.4 is 0 Å². The van der Waals surface area contributed by atoms with E-state index in [9.17, 15) is 0 Å². The fourth-order valence-corrected chi connectivity index (χ4v) is 6.84. The Hall–Kier alpha value is -3.24. The Morgan fingerprint density at radius 3 is 0.955 bits per heavy atom. The molecule has 1 atom stereocenters. The summed E-state index contributed by atoms with van der Waals surface area (Å²) in [6.45, 7) is 6.43. The fourth-order valence-electron chi connectivity index (χ4n) is 6.84. The Kier molecular flexibility index (Phi) is 64.8. The highest BCUT2D eigenvalue weighted by Gasteiger charge is 2.13. The van der Waals surface area contributed by atoms with Crippen LogP contribution in [-0.4, -0.2) is 31.2 Å². The highest BCUT2D eigenvalue weighted by Crippen LogP contribution is 2.15. The molecular formula is C63H108O3. The van der Waals surface area contributed by atoms with E-state index in [0.29, 0.717) is 6.61 Å². The van der Waals surface area contributed by atoms with Gasteiger partial charge in [0.05, 0.1) is 0 Å². The molecule has 1 rings (SSSR count). The second kappa shape index (κ2) is 63.8. The van der Waals surface area contributed by atoms with E-state index in [-0.39, 0.29) is 21.1 Å². The summed E-state index contributed by atoms with van der Waals surface area (Å²) in [5.41, 5.74) is 0. The van der Waals surface area contributed by atoms with Crippen LogP contribution in [0.5, 0.6) is 0 Å². The predicted molar refractivity (Wildman–Crippen MR) is 300 cm³/mol. The van der Waals surface area contributed by atoms with Crippen molar-refractivity contribution >= 4 is 0 Å². The van der Waals surface area contributed by atoms with Gasteiger partial charge in [-0.1, -0.05) is 239 Å². The minimum atomic E-state index is 0. The first-order valence-corrected chi connectivity index (χ1v) is 26.5. The van der Waals surface area contributed by atoms with Crippen LogP contribution in [0.3, 0.4) is 0 Å².